The number of hydrogen-bond acceptors (Lipinski definition) is 5. The van der Waals surface area contributed by atoms with E-state index in [0.717, 1.165) is 10.6 Å². The smallest absolute Gasteiger partial charge is 0.271 e. The Morgan fingerprint density at radius 3 is 2.73 bits per heavy atom. The molecule has 7 heteroatoms. The Balaban J connectivity index is 1.86. The molecule has 0 aliphatic rings. The number of nitrogens with zero attached hydrogens (tertiary/aromatic N) is 1. The van der Waals surface area contributed by atoms with Crippen LogP contribution in [-0.2, 0) is 9.53 Å². The molecule has 1 aromatic carbocycles. The lowest BCUT2D eigenvalue weighted by atomic mass is 10.2. The molecule has 0 fully saturated rings. The van der Waals surface area contributed by atoms with E-state index in [1.165, 1.54) is 11.3 Å². The quantitative estimate of drug-likeness (QED) is 0.754. The highest BCUT2D eigenvalue weighted by molar-refractivity contribution is 7.13. The molecule has 0 unspecified atom stereocenters. The Hall–Kier alpha value is -2.25. The van der Waals surface area contributed by atoms with Crippen LogP contribution in [0.3, 0.4) is 0 Å². The van der Waals surface area contributed by atoms with E-state index < -0.39 is 0 Å². The van der Waals surface area contributed by atoms with Crippen LogP contribution in [0.1, 0.15) is 10.5 Å². The summed E-state index contributed by atoms with van der Waals surface area (Å²) in [5.41, 5.74) is 1.28. The molecule has 1 aromatic heterocycles. The molecule has 116 valence electrons. The van der Waals surface area contributed by atoms with Crippen LogP contribution in [0, 0.1) is 0 Å². The first kappa shape index (κ1) is 16.1. The number of nitrogens with one attached hydrogen (secondary N) is 2. The van der Waals surface area contributed by atoms with Gasteiger partial charge in [-0.15, -0.1) is 11.3 Å². The van der Waals surface area contributed by atoms with Crippen LogP contribution in [0.15, 0.2) is 35.7 Å². The van der Waals surface area contributed by atoms with E-state index in [0.29, 0.717) is 18.8 Å². The van der Waals surface area contributed by atoms with Crippen LogP contribution < -0.4 is 10.6 Å². The number of aromatic nitrogens is 1. The molecule has 6 nitrogen and oxygen atoms in total. The van der Waals surface area contributed by atoms with E-state index in [2.05, 4.69) is 15.6 Å². The fourth-order valence-corrected chi connectivity index (χ4v) is 2.50. The molecule has 0 radical (unpaired) electrons. The van der Waals surface area contributed by atoms with Crippen molar-refractivity contribution in [3.8, 4) is 10.6 Å². The zero-order valence-corrected chi connectivity index (χ0v) is 13.0. The summed E-state index contributed by atoms with van der Waals surface area (Å²) >= 11 is 1.39. The molecular formula is C15H17N3O3S. The van der Waals surface area contributed by atoms with Crippen LogP contribution in [0.2, 0.25) is 0 Å². The van der Waals surface area contributed by atoms with Gasteiger partial charge in [0.25, 0.3) is 5.91 Å². The number of ether oxygens (including phenoxy) is 1. The van der Waals surface area contributed by atoms with Gasteiger partial charge in [0.1, 0.15) is 10.7 Å². The predicted octanol–water partition coefficient (Wildman–Crippen LogP) is 1.30. The molecule has 0 atom stereocenters. The maximum absolute atomic E-state index is 12.0. The summed E-state index contributed by atoms with van der Waals surface area (Å²) in [6.07, 6.45) is 0. The second kappa shape index (κ2) is 8.26. The first-order valence-electron chi connectivity index (χ1n) is 6.75. The predicted molar refractivity (Wildman–Crippen MR) is 84.8 cm³/mol. The van der Waals surface area contributed by atoms with Gasteiger partial charge in [-0.05, 0) is 0 Å². The maximum atomic E-state index is 12.0. The van der Waals surface area contributed by atoms with Crippen LogP contribution in [0.5, 0.6) is 0 Å². The highest BCUT2D eigenvalue weighted by atomic mass is 32.1. The molecule has 22 heavy (non-hydrogen) atoms. The van der Waals surface area contributed by atoms with Gasteiger partial charge in [0.05, 0.1) is 13.2 Å². The monoisotopic (exact) mass is 319 g/mol. The molecule has 2 aromatic rings. The second-order valence-electron chi connectivity index (χ2n) is 4.43. The Kier molecular flexibility index (Phi) is 6.05. The summed E-state index contributed by atoms with van der Waals surface area (Å²) in [6.45, 7) is 0.771. The highest BCUT2D eigenvalue weighted by Crippen LogP contribution is 2.23. The third-order valence-corrected chi connectivity index (χ3v) is 3.69. The summed E-state index contributed by atoms with van der Waals surface area (Å²) in [6, 6.07) is 9.63. The molecule has 1 heterocycles. The number of carbonyl (C=O) groups excluding carboxylic acids is 2. The molecule has 0 bridgehead atoms. The SMILES string of the molecule is COCCNC(=O)CNC(=O)c1csc(-c2ccccc2)n1. The summed E-state index contributed by atoms with van der Waals surface area (Å²) in [4.78, 5) is 27.7. The highest BCUT2D eigenvalue weighted by Gasteiger charge is 2.12. The van der Waals surface area contributed by atoms with Crippen LogP contribution in [0.25, 0.3) is 10.6 Å². The van der Waals surface area contributed by atoms with E-state index >= 15 is 0 Å². The Bertz CT molecular complexity index is 628. The van der Waals surface area contributed by atoms with E-state index in [4.69, 9.17) is 4.74 Å². The number of methoxy groups -OCH3 is 1. The number of hydrogen-bond donors (Lipinski definition) is 2. The molecule has 0 saturated carbocycles. The fraction of sp³-hybridized carbons (Fsp3) is 0.267. The fourth-order valence-electron chi connectivity index (χ4n) is 1.70. The van der Waals surface area contributed by atoms with Gasteiger partial charge >= 0.3 is 0 Å². The first-order valence-corrected chi connectivity index (χ1v) is 7.63. The topological polar surface area (TPSA) is 80.3 Å². The Morgan fingerprint density at radius 1 is 1.23 bits per heavy atom. The summed E-state index contributed by atoms with van der Waals surface area (Å²) in [5, 5.41) is 7.62. The van der Waals surface area contributed by atoms with Crippen LogP contribution in [0.4, 0.5) is 0 Å². The van der Waals surface area contributed by atoms with Gasteiger partial charge < -0.3 is 15.4 Å². The third-order valence-electron chi connectivity index (χ3n) is 2.80. The van der Waals surface area contributed by atoms with E-state index in [9.17, 15) is 9.59 Å². The van der Waals surface area contributed by atoms with Crippen LogP contribution >= 0.6 is 11.3 Å². The molecular weight excluding hydrogens is 302 g/mol. The third kappa shape index (κ3) is 4.64. The average Bonchev–Trinajstić information content (AvgIpc) is 3.04. The van der Waals surface area contributed by atoms with Crippen molar-refractivity contribution in [2.45, 2.75) is 0 Å². The van der Waals surface area contributed by atoms with Gasteiger partial charge in [0, 0.05) is 24.6 Å². The Morgan fingerprint density at radius 2 is 2.00 bits per heavy atom. The van der Waals surface area contributed by atoms with E-state index in [1.807, 2.05) is 30.3 Å². The van der Waals surface area contributed by atoms with Gasteiger partial charge in [-0.2, -0.15) is 0 Å². The number of amides is 2. The maximum Gasteiger partial charge on any atom is 0.271 e. The van der Waals surface area contributed by atoms with Gasteiger partial charge in [-0.25, -0.2) is 4.98 Å². The number of carbonyl (C=O) groups is 2. The molecule has 0 aliphatic carbocycles. The zero-order chi connectivity index (χ0) is 15.8. The number of rotatable bonds is 7. The minimum absolute atomic E-state index is 0.0826. The van der Waals surface area contributed by atoms with Crippen molar-refractivity contribution in [3.63, 3.8) is 0 Å². The van der Waals surface area contributed by atoms with Gasteiger partial charge in [-0.3, -0.25) is 9.59 Å². The van der Waals surface area contributed by atoms with E-state index in [-0.39, 0.29) is 18.4 Å². The standard InChI is InChI=1S/C15H17N3O3S/c1-21-8-7-16-13(19)9-17-14(20)12-10-22-15(18-12)11-5-3-2-4-6-11/h2-6,10H,7-9H2,1H3,(H,16,19)(H,17,20). The largest absolute Gasteiger partial charge is 0.383 e. The second-order valence-corrected chi connectivity index (χ2v) is 5.29. The lowest BCUT2D eigenvalue weighted by Crippen LogP contribution is -2.38. The summed E-state index contributed by atoms with van der Waals surface area (Å²) in [5.74, 6) is -0.621. The van der Waals surface area contributed by atoms with Gasteiger partial charge in [-0.1, -0.05) is 30.3 Å². The summed E-state index contributed by atoms with van der Waals surface area (Å²) < 4.78 is 4.82. The van der Waals surface area contributed by atoms with Gasteiger partial charge in [0.15, 0.2) is 0 Å². The van der Waals surface area contributed by atoms with Crippen molar-refractivity contribution in [1.82, 2.24) is 15.6 Å². The minimum Gasteiger partial charge on any atom is -0.383 e. The molecule has 2 amide bonds. The molecule has 0 saturated heterocycles. The number of thiazole rings is 1. The van der Waals surface area contributed by atoms with Gasteiger partial charge in [0.2, 0.25) is 5.91 Å². The lowest BCUT2D eigenvalue weighted by Gasteiger charge is -2.05. The molecule has 0 spiro atoms. The first-order chi connectivity index (χ1) is 10.7. The normalized spacial score (nSPS) is 10.2. The van der Waals surface area contributed by atoms with Crippen molar-refractivity contribution in [3.05, 3.63) is 41.4 Å². The zero-order valence-electron chi connectivity index (χ0n) is 12.2. The van der Waals surface area contributed by atoms with Crippen molar-refractivity contribution in [2.24, 2.45) is 0 Å². The van der Waals surface area contributed by atoms with Crippen molar-refractivity contribution in [1.29, 1.82) is 0 Å². The van der Waals surface area contributed by atoms with E-state index in [1.54, 1.807) is 12.5 Å². The van der Waals surface area contributed by atoms with Crippen molar-refractivity contribution >= 4 is 23.2 Å². The van der Waals surface area contributed by atoms with Crippen molar-refractivity contribution < 1.29 is 14.3 Å². The molecule has 2 N–H and O–H groups in total. The minimum atomic E-state index is -0.361. The average molecular weight is 319 g/mol. The Labute approximate surface area is 132 Å². The summed E-state index contributed by atoms with van der Waals surface area (Å²) in [7, 11) is 1.56. The van der Waals surface area contributed by atoms with Crippen molar-refractivity contribution in [2.75, 3.05) is 26.8 Å². The molecule has 0 aliphatic heterocycles. The van der Waals surface area contributed by atoms with Crippen LogP contribution in [-0.4, -0.2) is 43.6 Å². The lowest BCUT2D eigenvalue weighted by molar-refractivity contribution is -0.120. The number of benzene rings is 1. The molecule has 2 rings (SSSR count).